The van der Waals surface area contributed by atoms with Gasteiger partial charge in [-0.05, 0) is 62.1 Å². The minimum atomic E-state index is -0.125. The van der Waals surface area contributed by atoms with E-state index >= 15 is 0 Å². The van der Waals surface area contributed by atoms with Crippen LogP contribution in [0.2, 0.25) is 0 Å². The smallest absolute Gasteiger partial charge is 0.222 e. The van der Waals surface area contributed by atoms with Gasteiger partial charge in [-0.25, -0.2) is 4.98 Å². The quantitative estimate of drug-likeness (QED) is 0.546. The SMILES string of the molecule is CC(=O)CC(CC(=O)N[C@H]1CCN(C(=O)CCCc2ccc3c(n2)NCCC3)C1)c1ccccc1. The van der Waals surface area contributed by atoms with Gasteiger partial charge in [0.1, 0.15) is 11.6 Å². The van der Waals surface area contributed by atoms with E-state index in [0.29, 0.717) is 25.9 Å². The molecule has 2 amide bonds. The first-order valence-corrected chi connectivity index (χ1v) is 12.8. The van der Waals surface area contributed by atoms with Crippen LogP contribution < -0.4 is 10.6 Å². The van der Waals surface area contributed by atoms with Crippen molar-refractivity contribution in [2.24, 2.45) is 0 Å². The van der Waals surface area contributed by atoms with E-state index in [9.17, 15) is 14.4 Å². The van der Waals surface area contributed by atoms with Crippen LogP contribution in [-0.4, -0.2) is 53.2 Å². The zero-order valence-corrected chi connectivity index (χ0v) is 20.6. The van der Waals surface area contributed by atoms with E-state index in [4.69, 9.17) is 4.98 Å². The van der Waals surface area contributed by atoms with Crippen molar-refractivity contribution in [1.82, 2.24) is 15.2 Å². The number of aryl methyl sites for hydroxylation is 2. The molecule has 4 rings (SSSR count). The molecule has 1 aromatic carbocycles. The topological polar surface area (TPSA) is 91.4 Å². The normalized spacial score (nSPS) is 17.9. The molecule has 2 aliphatic heterocycles. The van der Waals surface area contributed by atoms with Crippen LogP contribution in [0.15, 0.2) is 42.5 Å². The van der Waals surface area contributed by atoms with Gasteiger partial charge >= 0.3 is 0 Å². The van der Waals surface area contributed by atoms with E-state index in [0.717, 1.165) is 55.7 Å². The Balaban J connectivity index is 1.20. The Bertz CT molecular complexity index is 1040. The average Bonchev–Trinajstić information content (AvgIpc) is 3.32. The summed E-state index contributed by atoms with van der Waals surface area (Å²) in [4.78, 5) is 43.8. The molecule has 2 atom stereocenters. The second-order valence-electron chi connectivity index (χ2n) is 9.80. The van der Waals surface area contributed by atoms with Crippen molar-refractivity contribution >= 4 is 23.4 Å². The maximum Gasteiger partial charge on any atom is 0.222 e. The first-order chi connectivity index (χ1) is 17.0. The van der Waals surface area contributed by atoms with Crippen molar-refractivity contribution in [2.45, 2.75) is 70.3 Å². The number of amides is 2. The van der Waals surface area contributed by atoms with Gasteiger partial charge in [0.05, 0.1) is 0 Å². The third-order valence-electron chi connectivity index (χ3n) is 6.92. The van der Waals surface area contributed by atoms with Crippen LogP contribution in [0.25, 0.3) is 0 Å². The van der Waals surface area contributed by atoms with E-state index in [1.807, 2.05) is 35.2 Å². The molecular weight excluding hydrogens is 440 g/mol. The zero-order chi connectivity index (χ0) is 24.6. The van der Waals surface area contributed by atoms with Gasteiger partial charge in [0.15, 0.2) is 0 Å². The minimum Gasteiger partial charge on any atom is -0.370 e. The molecular formula is C28H36N4O3. The molecule has 7 nitrogen and oxygen atoms in total. The highest BCUT2D eigenvalue weighted by molar-refractivity contribution is 5.81. The van der Waals surface area contributed by atoms with E-state index < -0.39 is 0 Å². The van der Waals surface area contributed by atoms with Crippen LogP contribution >= 0.6 is 0 Å². The summed E-state index contributed by atoms with van der Waals surface area (Å²) in [6, 6.07) is 13.9. The first-order valence-electron chi connectivity index (χ1n) is 12.8. The number of benzene rings is 1. The Hall–Kier alpha value is -3.22. The van der Waals surface area contributed by atoms with Gasteiger partial charge in [0, 0.05) is 50.6 Å². The second kappa shape index (κ2) is 12.0. The molecule has 0 radical (unpaired) electrons. The highest BCUT2D eigenvalue weighted by Crippen LogP contribution is 2.24. The van der Waals surface area contributed by atoms with Gasteiger partial charge in [-0.3, -0.25) is 9.59 Å². The van der Waals surface area contributed by atoms with Crippen LogP contribution in [0.5, 0.6) is 0 Å². The van der Waals surface area contributed by atoms with Crippen molar-refractivity contribution in [3.05, 3.63) is 59.3 Å². The number of hydrogen-bond donors (Lipinski definition) is 2. The van der Waals surface area contributed by atoms with Gasteiger partial charge in [-0.2, -0.15) is 0 Å². The molecule has 3 heterocycles. The first kappa shape index (κ1) is 24.9. The van der Waals surface area contributed by atoms with Gasteiger partial charge < -0.3 is 20.3 Å². The van der Waals surface area contributed by atoms with E-state index in [1.165, 1.54) is 5.56 Å². The standard InChI is InChI=1S/C28H36N4O3/c1-20(33)17-23(21-7-3-2-4-8-21)18-26(34)30-25-14-16-32(19-25)27(35)11-5-10-24-13-12-22-9-6-15-29-28(22)31-24/h2-4,7-8,12-13,23,25H,5-6,9-11,14-19H2,1H3,(H,29,31)(H,30,34)/t23?,25-/m0/s1. The summed E-state index contributed by atoms with van der Waals surface area (Å²) in [7, 11) is 0. The molecule has 0 saturated carbocycles. The maximum atomic E-state index is 12.7. The predicted octanol–water partition coefficient (Wildman–Crippen LogP) is 3.63. The Kier molecular flexibility index (Phi) is 8.50. The number of rotatable bonds is 10. The summed E-state index contributed by atoms with van der Waals surface area (Å²) >= 11 is 0. The Morgan fingerprint density at radius 2 is 1.97 bits per heavy atom. The van der Waals surface area contributed by atoms with Crippen molar-refractivity contribution in [3.8, 4) is 0 Å². The number of likely N-dealkylation sites (tertiary alicyclic amines) is 1. The van der Waals surface area contributed by atoms with Gasteiger partial charge in [0.25, 0.3) is 0 Å². The highest BCUT2D eigenvalue weighted by atomic mass is 16.2. The fourth-order valence-corrected chi connectivity index (χ4v) is 5.08. The lowest BCUT2D eigenvalue weighted by Gasteiger charge is -2.19. The number of anilines is 1. The molecule has 2 N–H and O–H groups in total. The molecule has 2 aromatic rings. The summed E-state index contributed by atoms with van der Waals surface area (Å²) in [6.45, 7) is 3.75. The lowest BCUT2D eigenvalue weighted by molar-refractivity contribution is -0.130. The number of hydrogen-bond acceptors (Lipinski definition) is 5. The maximum absolute atomic E-state index is 12.7. The van der Waals surface area contributed by atoms with E-state index in [2.05, 4.69) is 22.8 Å². The van der Waals surface area contributed by atoms with Crippen molar-refractivity contribution in [1.29, 1.82) is 0 Å². The van der Waals surface area contributed by atoms with Gasteiger partial charge in [-0.15, -0.1) is 0 Å². The molecule has 35 heavy (non-hydrogen) atoms. The number of ketones is 1. The van der Waals surface area contributed by atoms with E-state index in [-0.39, 0.29) is 36.0 Å². The van der Waals surface area contributed by atoms with Crippen molar-refractivity contribution in [3.63, 3.8) is 0 Å². The summed E-state index contributed by atoms with van der Waals surface area (Å²) < 4.78 is 0. The highest BCUT2D eigenvalue weighted by Gasteiger charge is 2.28. The molecule has 0 spiro atoms. The summed E-state index contributed by atoms with van der Waals surface area (Å²) in [6.07, 6.45) is 5.64. The molecule has 1 saturated heterocycles. The number of aromatic nitrogens is 1. The molecule has 1 aromatic heterocycles. The van der Waals surface area contributed by atoms with Crippen LogP contribution in [0, 0.1) is 0 Å². The lowest BCUT2D eigenvalue weighted by atomic mass is 9.90. The fourth-order valence-electron chi connectivity index (χ4n) is 5.08. The van der Waals surface area contributed by atoms with E-state index in [1.54, 1.807) is 6.92 Å². The monoisotopic (exact) mass is 476 g/mol. The third-order valence-corrected chi connectivity index (χ3v) is 6.92. The van der Waals surface area contributed by atoms with Gasteiger partial charge in [0.2, 0.25) is 11.8 Å². The van der Waals surface area contributed by atoms with Crippen LogP contribution in [0.4, 0.5) is 5.82 Å². The minimum absolute atomic E-state index is 0.0337. The number of pyridine rings is 1. The zero-order valence-electron chi connectivity index (χ0n) is 20.6. The van der Waals surface area contributed by atoms with Crippen LogP contribution in [0.1, 0.15) is 68.2 Å². The molecule has 0 aliphatic carbocycles. The van der Waals surface area contributed by atoms with Gasteiger partial charge in [-0.1, -0.05) is 36.4 Å². The van der Waals surface area contributed by atoms with Crippen molar-refractivity contribution < 1.29 is 14.4 Å². The largest absolute Gasteiger partial charge is 0.370 e. The number of nitrogens with one attached hydrogen (secondary N) is 2. The molecule has 2 aliphatic rings. The lowest BCUT2D eigenvalue weighted by Crippen LogP contribution is -2.39. The predicted molar refractivity (Wildman–Crippen MR) is 136 cm³/mol. The summed E-state index contributed by atoms with van der Waals surface area (Å²) in [5, 5.41) is 6.45. The Morgan fingerprint density at radius 1 is 1.14 bits per heavy atom. The van der Waals surface area contributed by atoms with Crippen LogP contribution in [-0.2, 0) is 27.2 Å². The third kappa shape index (κ3) is 7.13. The molecule has 186 valence electrons. The number of nitrogens with zero attached hydrogens (tertiary/aromatic N) is 2. The Labute approximate surface area is 207 Å². The summed E-state index contributed by atoms with van der Waals surface area (Å²) in [5.74, 6) is 1.02. The second-order valence-corrected chi connectivity index (χ2v) is 9.80. The fraction of sp³-hybridized carbons (Fsp3) is 0.500. The molecule has 7 heteroatoms. The number of carbonyl (C=O) groups is 3. The van der Waals surface area contributed by atoms with Crippen LogP contribution in [0.3, 0.4) is 0 Å². The number of carbonyl (C=O) groups excluding carboxylic acids is 3. The molecule has 1 unspecified atom stereocenters. The number of Topliss-reactive ketones (excluding diaryl/α,β-unsaturated/α-hetero) is 1. The average molecular weight is 477 g/mol. The molecule has 1 fully saturated rings. The van der Waals surface area contributed by atoms with Crippen molar-refractivity contribution in [2.75, 3.05) is 25.0 Å². The summed E-state index contributed by atoms with van der Waals surface area (Å²) in [5.41, 5.74) is 3.30. The Morgan fingerprint density at radius 3 is 2.77 bits per heavy atom. The molecule has 0 bridgehead atoms. The number of fused-ring (bicyclic) bond motifs is 1.